The number of aliphatic hydroxyl groups excluding tert-OH is 1. The van der Waals surface area contributed by atoms with Crippen molar-refractivity contribution in [3.05, 3.63) is 22.6 Å². The summed E-state index contributed by atoms with van der Waals surface area (Å²) in [6.07, 6.45) is 3.32. The van der Waals surface area contributed by atoms with Gasteiger partial charge in [-0.1, -0.05) is 0 Å². The van der Waals surface area contributed by atoms with Gasteiger partial charge in [0.15, 0.2) is 5.65 Å². The molecule has 12 heavy (non-hydrogen) atoms. The quantitative estimate of drug-likeness (QED) is 0.771. The van der Waals surface area contributed by atoms with Crippen LogP contribution in [-0.4, -0.2) is 20.1 Å². The van der Waals surface area contributed by atoms with Crippen molar-refractivity contribution < 1.29 is 5.11 Å². The number of aromatic nitrogens is 3. The van der Waals surface area contributed by atoms with Gasteiger partial charge in [-0.15, -0.1) is 0 Å². The third-order valence-corrected chi connectivity index (χ3v) is 1.98. The van der Waals surface area contributed by atoms with Crippen molar-refractivity contribution in [2.24, 2.45) is 0 Å². The van der Waals surface area contributed by atoms with Crippen LogP contribution in [0.1, 0.15) is 5.56 Å². The third-order valence-electron chi connectivity index (χ3n) is 1.60. The number of nitrogens with one attached hydrogen (secondary N) is 1. The fraction of sp³-hybridized carbons (Fsp3) is 0.143. The zero-order valence-corrected chi connectivity index (χ0v) is 7.67. The molecule has 4 nitrogen and oxygen atoms in total. The number of aliphatic hydroxyl groups is 1. The monoisotopic (exact) mass is 227 g/mol. The molecule has 2 heterocycles. The Bertz CT molecular complexity index is 412. The minimum absolute atomic E-state index is 0.0227. The highest BCUT2D eigenvalue weighted by Gasteiger charge is 2.04. The average Bonchev–Trinajstić information content (AvgIpc) is 2.46. The number of fused-ring (bicyclic) bond motifs is 1. The van der Waals surface area contributed by atoms with Gasteiger partial charge < -0.3 is 10.1 Å². The van der Waals surface area contributed by atoms with Crippen LogP contribution in [0.4, 0.5) is 0 Å². The molecule has 2 rings (SSSR count). The van der Waals surface area contributed by atoms with Crippen LogP contribution >= 0.6 is 15.9 Å². The lowest BCUT2D eigenvalue weighted by atomic mass is 10.3. The first kappa shape index (κ1) is 7.70. The molecule has 0 amide bonds. The van der Waals surface area contributed by atoms with Gasteiger partial charge in [0.05, 0.1) is 12.8 Å². The van der Waals surface area contributed by atoms with Crippen LogP contribution in [0, 0.1) is 0 Å². The van der Waals surface area contributed by atoms with Gasteiger partial charge in [-0.25, -0.2) is 9.97 Å². The van der Waals surface area contributed by atoms with Crippen LogP contribution in [0.5, 0.6) is 0 Å². The van der Waals surface area contributed by atoms with Crippen LogP contribution in [-0.2, 0) is 6.61 Å². The molecule has 2 N–H and O–H groups in total. The molecule has 0 unspecified atom stereocenters. The molecule has 0 fully saturated rings. The maximum absolute atomic E-state index is 8.91. The Morgan fingerprint density at radius 3 is 3.17 bits per heavy atom. The molecule has 0 bridgehead atoms. The molecule has 5 heteroatoms. The first-order chi connectivity index (χ1) is 5.81. The number of nitrogens with zero attached hydrogens (tertiary/aromatic N) is 2. The summed E-state index contributed by atoms with van der Waals surface area (Å²) in [4.78, 5) is 11.2. The highest BCUT2D eigenvalue weighted by atomic mass is 79.9. The van der Waals surface area contributed by atoms with Gasteiger partial charge in [-0.05, 0) is 15.9 Å². The summed E-state index contributed by atoms with van der Waals surface area (Å²) in [5.41, 5.74) is 2.17. The van der Waals surface area contributed by atoms with E-state index < -0.39 is 0 Å². The summed E-state index contributed by atoms with van der Waals surface area (Å²) in [5, 5.41) is 8.91. The molecule has 0 atom stereocenters. The lowest BCUT2D eigenvalue weighted by Crippen LogP contribution is -1.85. The highest BCUT2D eigenvalue weighted by Crippen LogP contribution is 2.15. The lowest BCUT2D eigenvalue weighted by Gasteiger charge is -1.92. The number of H-pyrrole nitrogens is 1. The third kappa shape index (κ3) is 1.11. The molecule has 0 aliphatic rings. The van der Waals surface area contributed by atoms with Crippen molar-refractivity contribution >= 4 is 27.1 Å². The average molecular weight is 228 g/mol. The van der Waals surface area contributed by atoms with Gasteiger partial charge in [-0.2, -0.15) is 0 Å². The smallest absolute Gasteiger partial charge is 0.156 e. The first-order valence-corrected chi connectivity index (χ1v) is 4.20. The predicted octanol–water partition coefficient (Wildman–Crippen LogP) is 1.21. The minimum atomic E-state index is -0.0227. The van der Waals surface area contributed by atoms with Gasteiger partial charge in [0, 0.05) is 11.8 Å². The number of aromatic amines is 1. The lowest BCUT2D eigenvalue weighted by molar-refractivity contribution is 0.283. The molecule has 0 spiro atoms. The van der Waals surface area contributed by atoms with Gasteiger partial charge in [0.2, 0.25) is 0 Å². The van der Waals surface area contributed by atoms with Crippen molar-refractivity contribution in [2.45, 2.75) is 6.61 Å². The van der Waals surface area contributed by atoms with Crippen molar-refractivity contribution in [1.29, 1.82) is 0 Å². The molecule has 0 aromatic carbocycles. The Labute approximate surface area is 76.8 Å². The van der Waals surface area contributed by atoms with E-state index >= 15 is 0 Å². The van der Waals surface area contributed by atoms with E-state index in [2.05, 4.69) is 30.9 Å². The van der Waals surface area contributed by atoms with Crippen LogP contribution in [0.15, 0.2) is 17.0 Å². The second-order valence-corrected chi connectivity index (χ2v) is 3.17. The normalized spacial score (nSPS) is 10.8. The molecular formula is C7H6BrN3O. The van der Waals surface area contributed by atoms with E-state index in [0.29, 0.717) is 15.8 Å². The van der Waals surface area contributed by atoms with E-state index in [1.54, 1.807) is 12.4 Å². The summed E-state index contributed by atoms with van der Waals surface area (Å²) in [6.45, 7) is -0.0227. The Morgan fingerprint density at radius 1 is 1.58 bits per heavy atom. The molecule has 0 aliphatic heterocycles. The Kier molecular flexibility index (Phi) is 1.82. The van der Waals surface area contributed by atoms with Gasteiger partial charge in [-0.3, -0.25) is 0 Å². The maximum Gasteiger partial charge on any atom is 0.156 e. The molecule has 0 radical (unpaired) electrons. The largest absolute Gasteiger partial charge is 0.392 e. The molecule has 0 aliphatic carbocycles. The molecule has 2 aromatic rings. The topological polar surface area (TPSA) is 61.8 Å². The number of hydrogen-bond acceptors (Lipinski definition) is 3. The summed E-state index contributed by atoms with van der Waals surface area (Å²) in [5.74, 6) is 0. The first-order valence-electron chi connectivity index (χ1n) is 3.40. The van der Waals surface area contributed by atoms with E-state index in [1.807, 2.05) is 0 Å². The SMILES string of the molecule is OCc1c[nH]c2ncc(Br)nc12. The molecule has 0 saturated carbocycles. The second-order valence-electron chi connectivity index (χ2n) is 2.36. The van der Waals surface area contributed by atoms with Crippen molar-refractivity contribution in [1.82, 2.24) is 15.0 Å². The highest BCUT2D eigenvalue weighted by molar-refractivity contribution is 9.10. The number of rotatable bonds is 1. The zero-order chi connectivity index (χ0) is 8.55. The van der Waals surface area contributed by atoms with Crippen LogP contribution < -0.4 is 0 Å². The standard InChI is InChI=1S/C7H6BrN3O/c8-5-2-10-7-6(11-5)4(3-12)1-9-7/h1-2,12H,3H2,(H,9,10). The van der Waals surface area contributed by atoms with Crippen LogP contribution in [0.3, 0.4) is 0 Å². The Morgan fingerprint density at radius 2 is 2.42 bits per heavy atom. The van der Waals surface area contributed by atoms with Crippen molar-refractivity contribution in [3.63, 3.8) is 0 Å². The zero-order valence-electron chi connectivity index (χ0n) is 6.08. The molecular weight excluding hydrogens is 222 g/mol. The second kappa shape index (κ2) is 2.84. The van der Waals surface area contributed by atoms with Gasteiger partial charge >= 0.3 is 0 Å². The maximum atomic E-state index is 8.91. The van der Waals surface area contributed by atoms with E-state index in [9.17, 15) is 0 Å². The summed E-state index contributed by atoms with van der Waals surface area (Å²) in [6, 6.07) is 0. The van der Waals surface area contributed by atoms with Gasteiger partial charge in [0.25, 0.3) is 0 Å². The van der Waals surface area contributed by atoms with E-state index in [0.717, 1.165) is 5.56 Å². The molecule has 2 aromatic heterocycles. The Hall–Kier alpha value is -0.940. The summed E-state index contributed by atoms with van der Waals surface area (Å²) < 4.78 is 0.671. The van der Waals surface area contributed by atoms with E-state index in [4.69, 9.17) is 5.11 Å². The predicted molar refractivity (Wildman–Crippen MR) is 47.5 cm³/mol. The van der Waals surface area contributed by atoms with E-state index in [-0.39, 0.29) is 6.61 Å². The van der Waals surface area contributed by atoms with Crippen LogP contribution in [0.2, 0.25) is 0 Å². The molecule has 0 saturated heterocycles. The summed E-state index contributed by atoms with van der Waals surface area (Å²) >= 11 is 3.21. The fourth-order valence-corrected chi connectivity index (χ4v) is 1.32. The van der Waals surface area contributed by atoms with Crippen molar-refractivity contribution in [3.8, 4) is 0 Å². The van der Waals surface area contributed by atoms with Crippen LogP contribution in [0.25, 0.3) is 11.2 Å². The Balaban J connectivity index is 2.75. The summed E-state index contributed by atoms with van der Waals surface area (Å²) in [7, 11) is 0. The van der Waals surface area contributed by atoms with Gasteiger partial charge in [0.1, 0.15) is 10.1 Å². The van der Waals surface area contributed by atoms with E-state index in [1.165, 1.54) is 0 Å². The number of halogens is 1. The minimum Gasteiger partial charge on any atom is -0.392 e. The molecule has 62 valence electrons. The van der Waals surface area contributed by atoms with Crippen molar-refractivity contribution in [2.75, 3.05) is 0 Å². The fourth-order valence-electron chi connectivity index (χ4n) is 1.04. The number of hydrogen-bond donors (Lipinski definition) is 2.